The van der Waals surface area contributed by atoms with Crippen molar-refractivity contribution in [1.29, 1.82) is 0 Å². The van der Waals surface area contributed by atoms with Gasteiger partial charge in [0.2, 0.25) is 15.9 Å². The molecule has 180 valence electrons. The number of benzene rings is 2. The topological polar surface area (TPSA) is 115 Å². The largest absolute Gasteiger partial charge is 0.360 e. The molecule has 10 heteroatoms. The number of aromatic nitrogens is 2. The van der Waals surface area contributed by atoms with Gasteiger partial charge in [0.1, 0.15) is 12.3 Å². The second-order valence-electron chi connectivity index (χ2n) is 7.95. The number of hydrogen-bond acceptors (Lipinski definition) is 6. The van der Waals surface area contributed by atoms with E-state index in [1.165, 1.54) is 22.6 Å². The minimum absolute atomic E-state index is 0.0888. The molecule has 0 unspecified atom stereocenters. The van der Waals surface area contributed by atoms with Gasteiger partial charge in [-0.1, -0.05) is 65.8 Å². The highest BCUT2D eigenvalue weighted by Crippen LogP contribution is 2.21. The van der Waals surface area contributed by atoms with Crippen LogP contribution in [0, 0.1) is 6.92 Å². The number of pyridine rings is 1. The van der Waals surface area contributed by atoms with Crippen LogP contribution in [0.15, 0.2) is 99.3 Å². The highest BCUT2D eigenvalue weighted by atomic mass is 32.2. The van der Waals surface area contributed by atoms with Gasteiger partial charge in [-0.15, -0.1) is 0 Å². The van der Waals surface area contributed by atoms with E-state index in [0.717, 1.165) is 21.8 Å². The van der Waals surface area contributed by atoms with Gasteiger partial charge in [0.25, 0.3) is 5.56 Å². The van der Waals surface area contributed by atoms with Gasteiger partial charge in [-0.3, -0.25) is 9.59 Å². The Morgan fingerprint density at radius 1 is 0.971 bits per heavy atom. The first-order chi connectivity index (χ1) is 16.8. The van der Waals surface area contributed by atoms with Crippen molar-refractivity contribution in [2.24, 2.45) is 0 Å². The summed E-state index contributed by atoms with van der Waals surface area (Å²) in [4.78, 5) is 24.7. The molecule has 35 heavy (non-hydrogen) atoms. The molecule has 0 aliphatic carbocycles. The van der Waals surface area contributed by atoms with Crippen LogP contribution >= 0.6 is 0 Å². The van der Waals surface area contributed by atoms with Crippen molar-refractivity contribution in [2.75, 3.05) is 5.32 Å². The van der Waals surface area contributed by atoms with Crippen LogP contribution in [-0.2, 0) is 34.5 Å². The van der Waals surface area contributed by atoms with Crippen molar-refractivity contribution in [2.45, 2.75) is 31.5 Å². The van der Waals surface area contributed by atoms with Gasteiger partial charge in [-0.2, -0.15) is 4.31 Å². The highest BCUT2D eigenvalue weighted by Gasteiger charge is 2.26. The molecule has 4 rings (SSSR count). The fraction of sp³-hybridized carbons (Fsp3) is 0.160. The van der Waals surface area contributed by atoms with E-state index < -0.39 is 21.5 Å². The van der Waals surface area contributed by atoms with Gasteiger partial charge in [-0.25, -0.2) is 8.42 Å². The lowest BCUT2D eigenvalue weighted by Gasteiger charge is -2.23. The standard InChI is InChI=1S/C25H24N4O5S/c1-19-14-23(27-34-19)26-24(30)18-28-17-22(12-13-25(28)31)35(32,33)29(15-20-8-4-2-5-9-20)16-21-10-6-3-7-11-21/h2-14,17H,15-16,18H2,1H3,(H,26,27,30). The number of anilines is 1. The SMILES string of the molecule is Cc1cc(NC(=O)Cn2cc(S(=O)(=O)N(Cc3ccccc3)Cc3ccccc3)ccc2=O)no1. The second kappa shape index (κ2) is 10.5. The summed E-state index contributed by atoms with van der Waals surface area (Å²) < 4.78 is 34.7. The van der Waals surface area contributed by atoms with Gasteiger partial charge in [0.15, 0.2) is 5.82 Å². The van der Waals surface area contributed by atoms with Crippen LogP contribution in [0.2, 0.25) is 0 Å². The van der Waals surface area contributed by atoms with Crippen molar-refractivity contribution in [1.82, 2.24) is 14.0 Å². The Morgan fingerprint density at radius 2 is 1.57 bits per heavy atom. The number of nitrogens with one attached hydrogen (secondary N) is 1. The molecule has 0 saturated carbocycles. The molecule has 0 spiro atoms. The normalized spacial score (nSPS) is 11.5. The molecule has 2 aromatic carbocycles. The highest BCUT2D eigenvalue weighted by molar-refractivity contribution is 7.89. The zero-order chi connectivity index (χ0) is 24.8. The van der Waals surface area contributed by atoms with Gasteiger partial charge in [-0.05, 0) is 24.1 Å². The first-order valence-electron chi connectivity index (χ1n) is 10.8. The number of carbonyl (C=O) groups excluding carboxylic acids is 1. The van der Waals surface area contributed by atoms with E-state index in [-0.39, 0.29) is 30.3 Å². The monoisotopic (exact) mass is 492 g/mol. The summed E-state index contributed by atoms with van der Waals surface area (Å²) in [6, 6.07) is 22.4. The number of amides is 1. The van der Waals surface area contributed by atoms with E-state index in [4.69, 9.17) is 4.52 Å². The van der Waals surface area contributed by atoms with Crippen LogP contribution in [0.1, 0.15) is 16.9 Å². The molecule has 2 heterocycles. The van der Waals surface area contributed by atoms with Crippen LogP contribution < -0.4 is 10.9 Å². The average molecular weight is 493 g/mol. The van der Waals surface area contributed by atoms with Crippen LogP contribution in [0.25, 0.3) is 0 Å². The number of sulfonamides is 1. The molecule has 0 aliphatic rings. The van der Waals surface area contributed by atoms with Crippen molar-refractivity contribution >= 4 is 21.7 Å². The summed E-state index contributed by atoms with van der Waals surface area (Å²) in [5, 5.41) is 6.20. The van der Waals surface area contributed by atoms with Crippen LogP contribution in [0.3, 0.4) is 0 Å². The third-order valence-corrected chi connectivity index (χ3v) is 6.98. The zero-order valence-electron chi connectivity index (χ0n) is 19.0. The molecule has 9 nitrogen and oxygen atoms in total. The van der Waals surface area contributed by atoms with Crippen molar-refractivity contribution in [3.63, 3.8) is 0 Å². The van der Waals surface area contributed by atoms with E-state index in [9.17, 15) is 18.0 Å². The van der Waals surface area contributed by atoms with Crippen molar-refractivity contribution in [3.8, 4) is 0 Å². The van der Waals surface area contributed by atoms with E-state index >= 15 is 0 Å². The first-order valence-corrected chi connectivity index (χ1v) is 12.3. The van der Waals surface area contributed by atoms with Gasteiger partial charge >= 0.3 is 0 Å². The van der Waals surface area contributed by atoms with Crippen LogP contribution in [0.5, 0.6) is 0 Å². The lowest BCUT2D eigenvalue weighted by molar-refractivity contribution is -0.116. The van der Waals surface area contributed by atoms with E-state index in [1.54, 1.807) is 6.92 Å². The minimum Gasteiger partial charge on any atom is -0.360 e. The number of rotatable bonds is 9. The molecule has 0 atom stereocenters. The smallest absolute Gasteiger partial charge is 0.251 e. The Kier molecular flexibility index (Phi) is 7.23. The Balaban J connectivity index is 1.62. The minimum atomic E-state index is -4.01. The quantitative estimate of drug-likeness (QED) is 0.384. The van der Waals surface area contributed by atoms with Crippen molar-refractivity contribution < 1.29 is 17.7 Å². The van der Waals surface area contributed by atoms with Crippen molar-refractivity contribution in [3.05, 3.63) is 112 Å². The summed E-state index contributed by atoms with van der Waals surface area (Å²) >= 11 is 0. The number of hydrogen-bond donors (Lipinski definition) is 1. The predicted molar refractivity (Wildman–Crippen MR) is 130 cm³/mol. The zero-order valence-corrected chi connectivity index (χ0v) is 19.8. The average Bonchev–Trinajstić information content (AvgIpc) is 3.25. The van der Waals surface area contributed by atoms with Gasteiger partial charge < -0.3 is 14.4 Å². The summed E-state index contributed by atoms with van der Waals surface area (Å²) in [7, 11) is -4.01. The molecule has 0 aliphatic heterocycles. The summed E-state index contributed by atoms with van der Waals surface area (Å²) in [6.45, 7) is 1.58. The number of aryl methyl sites for hydroxylation is 1. The molecular weight excluding hydrogens is 468 g/mol. The summed E-state index contributed by atoms with van der Waals surface area (Å²) in [5.41, 5.74) is 1.14. The molecule has 0 radical (unpaired) electrons. The van der Waals surface area contributed by atoms with E-state index in [1.807, 2.05) is 60.7 Å². The molecule has 4 aromatic rings. The molecule has 0 bridgehead atoms. The fourth-order valence-electron chi connectivity index (χ4n) is 3.50. The molecule has 1 amide bonds. The lowest BCUT2D eigenvalue weighted by Crippen LogP contribution is -2.32. The molecule has 0 fully saturated rings. The molecule has 1 N–H and O–H groups in total. The third kappa shape index (κ3) is 6.11. The maximum absolute atomic E-state index is 13.7. The Bertz CT molecular complexity index is 1420. The first kappa shape index (κ1) is 24.1. The predicted octanol–water partition coefficient (Wildman–Crippen LogP) is 3.17. The Morgan fingerprint density at radius 3 is 2.11 bits per heavy atom. The Labute approximate surface area is 202 Å². The fourth-order valence-corrected chi connectivity index (χ4v) is 4.93. The lowest BCUT2D eigenvalue weighted by atomic mass is 10.2. The molecule has 0 saturated heterocycles. The summed E-state index contributed by atoms with van der Waals surface area (Å²) in [5.74, 6) is 0.184. The van der Waals surface area contributed by atoms with E-state index in [0.29, 0.717) is 5.76 Å². The maximum atomic E-state index is 13.7. The van der Waals surface area contributed by atoms with Gasteiger partial charge in [0, 0.05) is 31.4 Å². The van der Waals surface area contributed by atoms with Crippen LogP contribution in [-0.4, -0.2) is 28.4 Å². The van der Waals surface area contributed by atoms with Crippen LogP contribution in [0.4, 0.5) is 5.82 Å². The number of nitrogens with zero attached hydrogens (tertiary/aromatic N) is 3. The Hall–Kier alpha value is -4.02. The molecular formula is C25H24N4O5S. The third-order valence-electron chi connectivity index (χ3n) is 5.21. The number of carbonyl (C=O) groups is 1. The summed E-state index contributed by atoms with van der Waals surface area (Å²) in [6.07, 6.45) is 1.19. The molecule has 2 aromatic heterocycles. The van der Waals surface area contributed by atoms with Gasteiger partial charge in [0.05, 0.1) is 4.90 Å². The maximum Gasteiger partial charge on any atom is 0.251 e. The van der Waals surface area contributed by atoms with E-state index in [2.05, 4.69) is 10.5 Å². The second-order valence-corrected chi connectivity index (χ2v) is 9.88.